The highest BCUT2D eigenvalue weighted by Gasteiger charge is 2.33. The minimum Gasteiger partial charge on any atom is -0.474 e. The number of hydrogen-bond donors (Lipinski definition) is 1. The van der Waals surface area contributed by atoms with Gasteiger partial charge < -0.3 is 14.7 Å². The van der Waals surface area contributed by atoms with E-state index in [1.54, 1.807) is 30.1 Å². The van der Waals surface area contributed by atoms with Gasteiger partial charge in [-0.05, 0) is 17.7 Å². The Kier molecular flexibility index (Phi) is 3.16. The minimum absolute atomic E-state index is 0.0581. The summed E-state index contributed by atoms with van der Waals surface area (Å²) in [4.78, 5) is 14.0. The summed E-state index contributed by atoms with van der Waals surface area (Å²) in [5.41, 5.74) is 2.28. The molecule has 1 heterocycles. The van der Waals surface area contributed by atoms with Crippen molar-refractivity contribution >= 4 is 11.6 Å². The number of benzene rings is 2. The van der Waals surface area contributed by atoms with Crippen LogP contribution in [-0.4, -0.2) is 18.1 Å². The summed E-state index contributed by atoms with van der Waals surface area (Å²) in [6, 6.07) is 14.8. The zero-order chi connectivity index (χ0) is 14.1. The molecule has 0 saturated heterocycles. The maximum atomic E-state index is 12.4. The number of hydrogen-bond acceptors (Lipinski definition) is 3. The first-order valence-corrected chi connectivity index (χ1v) is 6.43. The zero-order valence-corrected chi connectivity index (χ0v) is 11.1. The summed E-state index contributed by atoms with van der Waals surface area (Å²) in [5, 5.41) is 9.18. The Morgan fingerprint density at radius 1 is 1.20 bits per heavy atom. The van der Waals surface area contributed by atoms with E-state index in [4.69, 9.17) is 4.74 Å². The SMILES string of the molecule is CN1C(=O)C(c2ccccc2)Oc2ccc(CO)cc21. The monoisotopic (exact) mass is 269 g/mol. The largest absolute Gasteiger partial charge is 0.474 e. The Labute approximate surface area is 117 Å². The molecule has 0 fully saturated rings. The van der Waals surface area contributed by atoms with Crippen LogP contribution in [0.1, 0.15) is 17.2 Å². The molecule has 1 N–H and O–H groups in total. The third-order valence-electron chi connectivity index (χ3n) is 3.47. The van der Waals surface area contributed by atoms with Crippen molar-refractivity contribution < 1.29 is 14.6 Å². The van der Waals surface area contributed by atoms with Gasteiger partial charge in [-0.15, -0.1) is 0 Å². The van der Waals surface area contributed by atoms with E-state index in [1.807, 2.05) is 30.3 Å². The Bertz CT molecular complexity index is 639. The van der Waals surface area contributed by atoms with Crippen molar-refractivity contribution in [2.75, 3.05) is 11.9 Å². The van der Waals surface area contributed by atoms with Crippen molar-refractivity contribution in [2.45, 2.75) is 12.7 Å². The minimum atomic E-state index is -0.617. The average molecular weight is 269 g/mol. The van der Waals surface area contributed by atoms with E-state index in [2.05, 4.69) is 0 Å². The molecule has 3 rings (SSSR count). The Morgan fingerprint density at radius 3 is 2.65 bits per heavy atom. The van der Waals surface area contributed by atoms with Gasteiger partial charge in [0.2, 0.25) is 6.10 Å². The molecular formula is C16H15NO3. The summed E-state index contributed by atoms with van der Waals surface area (Å²) in [6.45, 7) is -0.0581. The summed E-state index contributed by atoms with van der Waals surface area (Å²) in [6.07, 6.45) is -0.617. The van der Waals surface area contributed by atoms with Gasteiger partial charge in [0.15, 0.2) is 0 Å². The molecule has 0 bridgehead atoms. The van der Waals surface area contributed by atoms with Crippen LogP contribution in [0, 0.1) is 0 Å². The maximum absolute atomic E-state index is 12.4. The van der Waals surface area contributed by atoms with E-state index in [0.717, 1.165) is 11.1 Å². The number of carbonyl (C=O) groups excluding carboxylic acids is 1. The van der Waals surface area contributed by atoms with E-state index < -0.39 is 6.10 Å². The number of amides is 1. The second kappa shape index (κ2) is 4.98. The molecule has 102 valence electrons. The summed E-state index contributed by atoms with van der Waals surface area (Å²) >= 11 is 0. The average Bonchev–Trinajstić information content (AvgIpc) is 2.51. The van der Waals surface area contributed by atoms with Crippen molar-refractivity contribution in [3.8, 4) is 5.75 Å². The van der Waals surface area contributed by atoms with Crippen LogP contribution < -0.4 is 9.64 Å². The Hall–Kier alpha value is -2.33. The lowest BCUT2D eigenvalue weighted by molar-refractivity contribution is -0.126. The molecule has 4 nitrogen and oxygen atoms in total. The second-order valence-electron chi connectivity index (χ2n) is 4.77. The highest BCUT2D eigenvalue weighted by molar-refractivity contribution is 6.00. The standard InChI is InChI=1S/C16H15NO3/c1-17-13-9-11(10-18)7-8-14(13)20-15(16(17)19)12-5-3-2-4-6-12/h2-9,15,18H,10H2,1H3. The van der Waals surface area contributed by atoms with Crippen LogP contribution in [0.2, 0.25) is 0 Å². The Balaban J connectivity index is 2.01. The number of aliphatic hydroxyl groups excluding tert-OH is 1. The topological polar surface area (TPSA) is 49.8 Å². The van der Waals surface area contributed by atoms with E-state index in [-0.39, 0.29) is 12.5 Å². The van der Waals surface area contributed by atoms with Crippen molar-refractivity contribution in [1.82, 2.24) is 0 Å². The molecule has 4 heteroatoms. The van der Waals surface area contributed by atoms with Crippen LogP contribution in [0.5, 0.6) is 5.75 Å². The van der Waals surface area contributed by atoms with E-state index in [9.17, 15) is 9.90 Å². The lowest BCUT2D eigenvalue weighted by Gasteiger charge is -2.32. The molecule has 2 aromatic carbocycles. The van der Waals surface area contributed by atoms with Crippen molar-refractivity contribution in [1.29, 1.82) is 0 Å². The maximum Gasteiger partial charge on any atom is 0.272 e. The van der Waals surface area contributed by atoms with Crippen LogP contribution in [-0.2, 0) is 11.4 Å². The molecule has 20 heavy (non-hydrogen) atoms. The first-order chi connectivity index (χ1) is 9.70. The van der Waals surface area contributed by atoms with Gasteiger partial charge in [-0.25, -0.2) is 0 Å². The van der Waals surface area contributed by atoms with Gasteiger partial charge in [0, 0.05) is 12.6 Å². The van der Waals surface area contributed by atoms with Crippen LogP contribution >= 0.6 is 0 Å². The molecule has 0 spiro atoms. The summed E-state index contributed by atoms with van der Waals surface area (Å²) < 4.78 is 5.83. The fourth-order valence-electron chi connectivity index (χ4n) is 2.33. The van der Waals surface area contributed by atoms with Crippen LogP contribution in [0.15, 0.2) is 48.5 Å². The van der Waals surface area contributed by atoms with Crippen molar-refractivity contribution in [3.05, 3.63) is 59.7 Å². The number of fused-ring (bicyclic) bond motifs is 1. The number of rotatable bonds is 2. The lowest BCUT2D eigenvalue weighted by atomic mass is 10.1. The first kappa shape index (κ1) is 12.7. The van der Waals surface area contributed by atoms with Gasteiger partial charge in [0.1, 0.15) is 5.75 Å². The molecule has 0 aliphatic carbocycles. The molecule has 1 aliphatic rings. The third kappa shape index (κ3) is 2.04. The third-order valence-corrected chi connectivity index (χ3v) is 3.47. The number of aliphatic hydroxyl groups is 1. The molecule has 1 unspecified atom stereocenters. The quantitative estimate of drug-likeness (QED) is 0.910. The molecule has 0 saturated carbocycles. The van der Waals surface area contributed by atoms with Crippen LogP contribution in [0.3, 0.4) is 0 Å². The normalized spacial score (nSPS) is 17.6. The fourth-order valence-corrected chi connectivity index (χ4v) is 2.33. The molecule has 1 atom stereocenters. The Morgan fingerprint density at radius 2 is 1.95 bits per heavy atom. The molecule has 2 aromatic rings. The van der Waals surface area contributed by atoms with Crippen LogP contribution in [0.4, 0.5) is 5.69 Å². The molecule has 1 aliphatic heterocycles. The van der Waals surface area contributed by atoms with E-state index >= 15 is 0 Å². The highest BCUT2D eigenvalue weighted by Crippen LogP contribution is 2.38. The van der Waals surface area contributed by atoms with E-state index in [1.165, 1.54) is 0 Å². The molecule has 0 radical (unpaired) electrons. The second-order valence-corrected chi connectivity index (χ2v) is 4.77. The fraction of sp³-hybridized carbons (Fsp3) is 0.188. The number of anilines is 1. The predicted octanol–water partition coefficient (Wildman–Crippen LogP) is 2.28. The van der Waals surface area contributed by atoms with Gasteiger partial charge in [-0.2, -0.15) is 0 Å². The van der Waals surface area contributed by atoms with Crippen molar-refractivity contribution in [2.24, 2.45) is 0 Å². The van der Waals surface area contributed by atoms with Gasteiger partial charge in [0.05, 0.1) is 12.3 Å². The highest BCUT2D eigenvalue weighted by atomic mass is 16.5. The zero-order valence-electron chi connectivity index (χ0n) is 11.1. The number of nitrogens with zero attached hydrogens (tertiary/aromatic N) is 1. The van der Waals surface area contributed by atoms with Gasteiger partial charge in [-0.3, -0.25) is 4.79 Å². The van der Waals surface area contributed by atoms with Crippen LogP contribution in [0.25, 0.3) is 0 Å². The predicted molar refractivity (Wildman–Crippen MR) is 75.6 cm³/mol. The number of carbonyl (C=O) groups is 1. The summed E-state index contributed by atoms with van der Waals surface area (Å²) in [7, 11) is 1.72. The smallest absolute Gasteiger partial charge is 0.272 e. The molecular weight excluding hydrogens is 254 g/mol. The van der Waals surface area contributed by atoms with E-state index in [0.29, 0.717) is 11.4 Å². The molecule has 1 amide bonds. The van der Waals surface area contributed by atoms with Gasteiger partial charge in [-0.1, -0.05) is 36.4 Å². The first-order valence-electron chi connectivity index (χ1n) is 6.43. The van der Waals surface area contributed by atoms with Crippen molar-refractivity contribution in [3.63, 3.8) is 0 Å². The number of likely N-dealkylation sites (N-methyl/N-ethyl adjacent to an activating group) is 1. The van der Waals surface area contributed by atoms with Gasteiger partial charge >= 0.3 is 0 Å². The number of ether oxygens (including phenoxy) is 1. The van der Waals surface area contributed by atoms with Gasteiger partial charge in [0.25, 0.3) is 5.91 Å². The summed E-state index contributed by atoms with van der Waals surface area (Å²) in [5.74, 6) is 0.539. The lowest BCUT2D eigenvalue weighted by Crippen LogP contribution is -2.38. The molecule has 0 aromatic heterocycles.